The molecule has 0 radical (unpaired) electrons. The first-order valence-electron chi connectivity index (χ1n) is 8.15. The second-order valence-corrected chi connectivity index (χ2v) is 6.29. The van der Waals surface area contributed by atoms with Gasteiger partial charge in [0.2, 0.25) is 0 Å². The van der Waals surface area contributed by atoms with Crippen LogP contribution in [-0.4, -0.2) is 18.2 Å². The van der Waals surface area contributed by atoms with Crippen LogP contribution in [0, 0.1) is 5.92 Å². The van der Waals surface area contributed by atoms with Crippen molar-refractivity contribution in [3.63, 3.8) is 0 Å². The van der Waals surface area contributed by atoms with Crippen molar-refractivity contribution in [1.82, 2.24) is 0 Å². The van der Waals surface area contributed by atoms with Gasteiger partial charge in [-0.15, -0.1) is 0 Å². The fraction of sp³-hybridized carbons (Fsp3) is 0.368. The number of benzene rings is 1. The molecule has 5 nitrogen and oxygen atoms in total. The molecule has 3 aliphatic rings. The molecule has 2 aliphatic heterocycles. The quantitative estimate of drug-likeness (QED) is 0.485. The second kappa shape index (κ2) is 5.51. The molecule has 3 atom stereocenters. The lowest BCUT2D eigenvalue weighted by atomic mass is 9.98. The van der Waals surface area contributed by atoms with Crippen LogP contribution in [0.1, 0.15) is 37.5 Å². The van der Waals surface area contributed by atoms with Gasteiger partial charge in [0.1, 0.15) is 6.10 Å². The average Bonchev–Trinajstić information content (AvgIpc) is 3.16. The normalized spacial score (nSPS) is 29.6. The number of esters is 2. The molecule has 4 rings (SSSR count). The highest BCUT2D eigenvalue weighted by atomic mass is 16.7. The zero-order valence-corrected chi connectivity index (χ0v) is 13.6. The summed E-state index contributed by atoms with van der Waals surface area (Å²) in [5, 5.41) is 0. The van der Waals surface area contributed by atoms with Gasteiger partial charge in [-0.25, -0.2) is 9.59 Å². The van der Waals surface area contributed by atoms with E-state index >= 15 is 0 Å². The predicted octanol–water partition coefficient (Wildman–Crippen LogP) is 2.97. The van der Waals surface area contributed by atoms with Crippen molar-refractivity contribution >= 4 is 11.9 Å². The zero-order valence-electron chi connectivity index (χ0n) is 13.6. The largest absolute Gasteiger partial charge is 0.458 e. The van der Waals surface area contributed by atoms with E-state index in [1.54, 1.807) is 6.92 Å². The molecule has 0 saturated carbocycles. The van der Waals surface area contributed by atoms with E-state index in [1.165, 1.54) is 11.8 Å². The first-order chi connectivity index (χ1) is 11.6. The Morgan fingerprint density at radius 2 is 2.00 bits per heavy atom. The van der Waals surface area contributed by atoms with Gasteiger partial charge in [0, 0.05) is 17.1 Å². The second-order valence-electron chi connectivity index (χ2n) is 6.29. The first-order valence-corrected chi connectivity index (χ1v) is 8.15. The molecule has 0 N–H and O–H groups in total. The Morgan fingerprint density at radius 3 is 2.79 bits per heavy atom. The summed E-state index contributed by atoms with van der Waals surface area (Å²) < 4.78 is 16.4. The number of carbonyl (C=O) groups is 2. The maximum absolute atomic E-state index is 12.2. The summed E-state index contributed by atoms with van der Waals surface area (Å²) >= 11 is 0. The Balaban J connectivity index is 1.56. The van der Waals surface area contributed by atoms with Crippen LogP contribution in [0.4, 0.5) is 0 Å². The van der Waals surface area contributed by atoms with Crippen LogP contribution in [0.3, 0.4) is 0 Å². The van der Waals surface area contributed by atoms with Crippen molar-refractivity contribution in [1.29, 1.82) is 0 Å². The molecule has 1 aromatic rings. The van der Waals surface area contributed by atoms with Gasteiger partial charge in [-0.2, -0.15) is 0 Å². The number of hydrogen-bond donors (Lipinski definition) is 0. The summed E-state index contributed by atoms with van der Waals surface area (Å²) in [5.74, 6) is -0.764. The molecule has 0 amide bonds. The van der Waals surface area contributed by atoms with Crippen molar-refractivity contribution in [2.75, 3.05) is 0 Å². The highest BCUT2D eigenvalue weighted by molar-refractivity contribution is 5.92. The molecule has 2 heterocycles. The van der Waals surface area contributed by atoms with E-state index in [0.29, 0.717) is 17.6 Å². The monoisotopic (exact) mass is 326 g/mol. The molecule has 1 fully saturated rings. The summed E-state index contributed by atoms with van der Waals surface area (Å²) in [5.41, 5.74) is 4.17. The molecule has 0 aromatic heterocycles. The SMILES string of the molecule is CCC1=C(C)C(=O)OC1OC=C1C(=O)OC2c3ccccc3CC12. The lowest BCUT2D eigenvalue weighted by Crippen LogP contribution is -2.15. The van der Waals surface area contributed by atoms with Gasteiger partial charge in [-0.05, 0) is 30.9 Å². The number of carbonyl (C=O) groups excluding carboxylic acids is 2. The number of rotatable bonds is 3. The van der Waals surface area contributed by atoms with Gasteiger partial charge < -0.3 is 14.2 Å². The van der Waals surface area contributed by atoms with Crippen LogP contribution in [-0.2, 0) is 30.2 Å². The molecule has 0 bridgehead atoms. The van der Waals surface area contributed by atoms with E-state index in [4.69, 9.17) is 14.2 Å². The Morgan fingerprint density at radius 1 is 1.21 bits per heavy atom. The van der Waals surface area contributed by atoms with Crippen LogP contribution in [0.25, 0.3) is 0 Å². The molecule has 1 aromatic carbocycles. The average molecular weight is 326 g/mol. The van der Waals surface area contributed by atoms with Crippen molar-refractivity contribution in [3.8, 4) is 0 Å². The molecule has 1 aliphatic carbocycles. The highest BCUT2D eigenvalue weighted by Crippen LogP contribution is 2.47. The van der Waals surface area contributed by atoms with Crippen LogP contribution in [0.2, 0.25) is 0 Å². The fourth-order valence-electron chi connectivity index (χ4n) is 3.69. The van der Waals surface area contributed by atoms with Crippen LogP contribution < -0.4 is 0 Å². The Kier molecular flexibility index (Phi) is 3.44. The zero-order chi connectivity index (χ0) is 16.8. The maximum Gasteiger partial charge on any atom is 0.338 e. The van der Waals surface area contributed by atoms with Gasteiger partial charge >= 0.3 is 11.9 Å². The standard InChI is InChI=1S/C19H18O5/c1-3-12-10(2)17(20)24-19(12)22-9-15-14-8-11-6-4-5-7-13(11)16(14)23-18(15)21/h4-7,9,14,16,19H,3,8H2,1-2H3. The van der Waals surface area contributed by atoms with E-state index in [1.807, 2.05) is 25.1 Å². The van der Waals surface area contributed by atoms with E-state index in [9.17, 15) is 9.59 Å². The van der Waals surface area contributed by atoms with Gasteiger partial charge in [0.15, 0.2) is 0 Å². The molecule has 0 spiro atoms. The number of fused-ring (bicyclic) bond motifs is 3. The summed E-state index contributed by atoms with van der Waals surface area (Å²) in [4.78, 5) is 23.9. The molecular weight excluding hydrogens is 308 g/mol. The fourth-order valence-corrected chi connectivity index (χ4v) is 3.69. The minimum atomic E-state index is -0.745. The molecule has 3 unspecified atom stereocenters. The summed E-state index contributed by atoms with van der Waals surface area (Å²) in [6.45, 7) is 3.67. The minimum Gasteiger partial charge on any atom is -0.458 e. The van der Waals surface area contributed by atoms with Crippen molar-refractivity contribution < 1.29 is 23.8 Å². The third kappa shape index (κ3) is 2.15. The number of ether oxygens (including phenoxy) is 3. The summed E-state index contributed by atoms with van der Waals surface area (Å²) in [6.07, 6.45) is 1.85. The summed E-state index contributed by atoms with van der Waals surface area (Å²) in [6, 6.07) is 7.99. The molecule has 124 valence electrons. The van der Waals surface area contributed by atoms with E-state index in [0.717, 1.165) is 17.6 Å². The van der Waals surface area contributed by atoms with Gasteiger partial charge in [-0.1, -0.05) is 31.2 Å². The third-order valence-corrected chi connectivity index (χ3v) is 5.02. The molecule has 24 heavy (non-hydrogen) atoms. The van der Waals surface area contributed by atoms with Crippen LogP contribution in [0.15, 0.2) is 47.2 Å². The van der Waals surface area contributed by atoms with Gasteiger partial charge in [0.25, 0.3) is 6.29 Å². The number of cyclic esters (lactones) is 1. The topological polar surface area (TPSA) is 61.8 Å². The lowest BCUT2D eigenvalue weighted by molar-refractivity contribution is -0.153. The van der Waals surface area contributed by atoms with Crippen LogP contribution in [0.5, 0.6) is 0 Å². The minimum absolute atomic E-state index is 0.0397. The van der Waals surface area contributed by atoms with Gasteiger partial charge in [-0.3, -0.25) is 0 Å². The first kappa shape index (κ1) is 15.0. The van der Waals surface area contributed by atoms with Crippen molar-refractivity contribution in [3.05, 3.63) is 58.4 Å². The third-order valence-electron chi connectivity index (χ3n) is 5.02. The van der Waals surface area contributed by atoms with Crippen LogP contribution >= 0.6 is 0 Å². The Hall–Kier alpha value is -2.56. The highest BCUT2D eigenvalue weighted by Gasteiger charge is 2.46. The molecule has 1 saturated heterocycles. The van der Waals surface area contributed by atoms with E-state index < -0.39 is 6.29 Å². The predicted molar refractivity (Wildman–Crippen MR) is 84.5 cm³/mol. The summed E-state index contributed by atoms with van der Waals surface area (Å²) in [7, 11) is 0. The van der Waals surface area contributed by atoms with Crippen molar-refractivity contribution in [2.45, 2.75) is 39.1 Å². The number of hydrogen-bond acceptors (Lipinski definition) is 5. The van der Waals surface area contributed by atoms with Gasteiger partial charge in [0.05, 0.1) is 11.8 Å². The smallest absolute Gasteiger partial charge is 0.338 e. The molecular formula is C19H18O5. The maximum atomic E-state index is 12.2. The molecule has 5 heteroatoms. The Labute approximate surface area is 139 Å². The van der Waals surface area contributed by atoms with E-state index in [-0.39, 0.29) is 24.0 Å². The lowest BCUT2D eigenvalue weighted by Gasteiger charge is -2.13. The van der Waals surface area contributed by atoms with E-state index in [2.05, 4.69) is 6.07 Å². The van der Waals surface area contributed by atoms with Crippen molar-refractivity contribution in [2.24, 2.45) is 5.92 Å². The Bertz CT molecular complexity index is 789.